The molecule has 0 amide bonds. The first-order valence-electron chi connectivity index (χ1n) is 3.84. The van der Waals surface area contributed by atoms with Gasteiger partial charge < -0.3 is 15.7 Å². The van der Waals surface area contributed by atoms with E-state index in [4.69, 9.17) is 10.8 Å². The number of carboxylic acids is 1. The second-order valence-electron chi connectivity index (χ2n) is 2.57. The van der Waals surface area contributed by atoms with Crippen molar-refractivity contribution in [2.45, 2.75) is 0 Å². The molecule has 0 atom stereocenters. The van der Waals surface area contributed by atoms with Crippen molar-refractivity contribution >= 4 is 17.9 Å². The highest BCUT2D eigenvalue weighted by atomic mass is 16.6. The van der Waals surface area contributed by atoms with Gasteiger partial charge in [0.2, 0.25) is 0 Å². The third kappa shape index (κ3) is 2.22. The quantitative estimate of drug-likeness (QED) is 0.426. The number of nitrogens with zero attached hydrogens (tertiary/aromatic N) is 1. The Morgan fingerprint density at radius 1 is 1.64 bits per heavy atom. The number of hydrogen-bond donors (Lipinski definition) is 2. The minimum absolute atomic E-state index is 0.164. The van der Waals surface area contributed by atoms with Gasteiger partial charge in [-0.3, -0.25) is 0 Å². The lowest BCUT2D eigenvalue weighted by Crippen LogP contribution is -2.00. The molecule has 0 aliphatic rings. The van der Waals surface area contributed by atoms with Gasteiger partial charge in [-0.2, -0.15) is 0 Å². The molecule has 5 nitrogen and oxygen atoms in total. The topological polar surface area (TPSA) is 84.9 Å². The summed E-state index contributed by atoms with van der Waals surface area (Å²) in [6.45, 7) is 0. The van der Waals surface area contributed by atoms with Crippen LogP contribution in [-0.4, -0.2) is 24.4 Å². The van der Waals surface area contributed by atoms with E-state index in [0.29, 0.717) is 11.3 Å². The lowest BCUT2D eigenvalue weighted by molar-refractivity contribution is 0.0697. The number of anilines is 1. The summed E-state index contributed by atoms with van der Waals surface area (Å²) < 4.78 is 0. The van der Waals surface area contributed by atoms with E-state index < -0.39 is 5.97 Å². The van der Waals surface area contributed by atoms with Crippen LogP contribution >= 0.6 is 0 Å². The summed E-state index contributed by atoms with van der Waals surface area (Å²) in [5.74, 6) is -1.00. The number of benzene rings is 1. The molecule has 0 bridgehead atoms. The first kappa shape index (κ1) is 10.0. The highest BCUT2D eigenvalue weighted by molar-refractivity contribution is 5.94. The van der Waals surface area contributed by atoms with Crippen LogP contribution in [0.25, 0.3) is 0 Å². The first-order valence-corrected chi connectivity index (χ1v) is 3.84. The Hall–Kier alpha value is -2.04. The van der Waals surface area contributed by atoms with E-state index in [1.54, 1.807) is 0 Å². The van der Waals surface area contributed by atoms with Gasteiger partial charge in [-0.15, -0.1) is 0 Å². The molecule has 0 aromatic heterocycles. The Bertz CT molecular complexity index is 374. The van der Waals surface area contributed by atoms with Crippen LogP contribution in [0, 0.1) is 0 Å². The van der Waals surface area contributed by atoms with E-state index in [1.165, 1.54) is 31.5 Å². The van der Waals surface area contributed by atoms with E-state index in [9.17, 15) is 4.79 Å². The Morgan fingerprint density at radius 3 is 2.93 bits per heavy atom. The predicted octanol–water partition coefficient (Wildman–Crippen LogP) is 0.947. The van der Waals surface area contributed by atoms with Crippen LogP contribution in [0.1, 0.15) is 15.9 Å². The van der Waals surface area contributed by atoms with Gasteiger partial charge >= 0.3 is 5.97 Å². The standard InChI is InChI=1S/C9H10N2O3/c1-14-11-5-7-4-6(9(12)13)2-3-8(7)10/h2-5H,10H2,1H3,(H,12,13)/b11-5+. The van der Waals surface area contributed by atoms with Gasteiger partial charge in [0.1, 0.15) is 7.11 Å². The molecule has 1 aromatic rings. The largest absolute Gasteiger partial charge is 0.478 e. The highest BCUT2D eigenvalue weighted by Gasteiger charge is 2.04. The van der Waals surface area contributed by atoms with E-state index in [-0.39, 0.29) is 5.56 Å². The zero-order chi connectivity index (χ0) is 10.6. The predicted molar refractivity (Wildman–Crippen MR) is 52.4 cm³/mol. The lowest BCUT2D eigenvalue weighted by Gasteiger charge is -2.00. The second-order valence-corrected chi connectivity index (χ2v) is 2.57. The normalized spacial score (nSPS) is 10.4. The van der Waals surface area contributed by atoms with Crippen LogP contribution in [0.4, 0.5) is 5.69 Å². The van der Waals surface area contributed by atoms with Crippen LogP contribution in [0.15, 0.2) is 23.4 Å². The average Bonchev–Trinajstić information content (AvgIpc) is 2.16. The summed E-state index contributed by atoms with van der Waals surface area (Å²) in [5.41, 5.74) is 6.73. The summed E-state index contributed by atoms with van der Waals surface area (Å²) in [6.07, 6.45) is 1.36. The number of nitrogens with two attached hydrogens (primary N) is 1. The minimum Gasteiger partial charge on any atom is -0.478 e. The van der Waals surface area contributed by atoms with Gasteiger partial charge in [0, 0.05) is 11.3 Å². The van der Waals surface area contributed by atoms with Crippen molar-refractivity contribution in [3.8, 4) is 0 Å². The molecule has 0 heterocycles. The molecule has 0 unspecified atom stereocenters. The molecule has 0 saturated carbocycles. The molecule has 1 rings (SSSR count). The molecular weight excluding hydrogens is 184 g/mol. The van der Waals surface area contributed by atoms with Crippen molar-refractivity contribution in [3.63, 3.8) is 0 Å². The molecule has 0 aliphatic carbocycles. The fourth-order valence-corrected chi connectivity index (χ4v) is 0.929. The minimum atomic E-state index is -1.00. The monoisotopic (exact) mass is 194 g/mol. The smallest absolute Gasteiger partial charge is 0.335 e. The number of oxime groups is 1. The molecule has 0 spiro atoms. The Labute approximate surface area is 80.8 Å². The highest BCUT2D eigenvalue weighted by Crippen LogP contribution is 2.12. The van der Waals surface area contributed by atoms with Crippen molar-refractivity contribution in [2.75, 3.05) is 12.8 Å². The SMILES string of the molecule is CO/N=C/c1cc(C(=O)O)ccc1N. The van der Waals surface area contributed by atoms with E-state index in [0.717, 1.165) is 0 Å². The van der Waals surface area contributed by atoms with Gasteiger partial charge in [-0.25, -0.2) is 4.79 Å². The van der Waals surface area contributed by atoms with Gasteiger partial charge in [-0.1, -0.05) is 5.16 Å². The number of carboxylic acid groups (broad SMARTS) is 1. The first-order chi connectivity index (χ1) is 6.65. The second kappa shape index (κ2) is 4.27. The van der Waals surface area contributed by atoms with E-state index in [2.05, 4.69) is 9.99 Å². The summed E-state index contributed by atoms with van der Waals surface area (Å²) in [4.78, 5) is 15.1. The lowest BCUT2D eigenvalue weighted by atomic mass is 10.1. The molecular formula is C9H10N2O3. The third-order valence-electron chi connectivity index (χ3n) is 1.63. The Kier molecular flexibility index (Phi) is 3.06. The molecule has 3 N–H and O–H groups in total. The van der Waals surface area contributed by atoms with Crippen molar-refractivity contribution in [1.29, 1.82) is 0 Å². The zero-order valence-electron chi connectivity index (χ0n) is 7.60. The maximum Gasteiger partial charge on any atom is 0.335 e. The van der Waals surface area contributed by atoms with E-state index >= 15 is 0 Å². The molecule has 0 radical (unpaired) electrons. The van der Waals surface area contributed by atoms with E-state index in [1.807, 2.05) is 0 Å². The van der Waals surface area contributed by atoms with Gasteiger partial charge in [0.25, 0.3) is 0 Å². The maximum absolute atomic E-state index is 10.6. The summed E-state index contributed by atoms with van der Waals surface area (Å²) in [5, 5.41) is 12.2. The third-order valence-corrected chi connectivity index (χ3v) is 1.63. The van der Waals surface area contributed by atoms with Crippen LogP contribution in [-0.2, 0) is 4.84 Å². The number of hydrogen-bond acceptors (Lipinski definition) is 4. The molecule has 1 aromatic carbocycles. The molecule has 0 aliphatic heterocycles. The summed E-state index contributed by atoms with van der Waals surface area (Å²) in [7, 11) is 1.40. The van der Waals surface area contributed by atoms with Crippen LogP contribution in [0.3, 0.4) is 0 Å². The van der Waals surface area contributed by atoms with Gasteiger partial charge in [-0.05, 0) is 18.2 Å². The molecule has 14 heavy (non-hydrogen) atoms. The summed E-state index contributed by atoms with van der Waals surface area (Å²) in [6, 6.07) is 4.38. The van der Waals surface area contributed by atoms with Crippen molar-refractivity contribution < 1.29 is 14.7 Å². The van der Waals surface area contributed by atoms with Crippen molar-refractivity contribution in [1.82, 2.24) is 0 Å². The molecule has 74 valence electrons. The van der Waals surface area contributed by atoms with Gasteiger partial charge in [0.15, 0.2) is 0 Å². The number of aromatic carboxylic acids is 1. The van der Waals surface area contributed by atoms with Crippen LogP contribution < -0.4 is 5.73 Å². The average molecular weight is 194 g/mol. The number of rotatable bonds is 3. The number of nitrogen functional groups attached to an aromatic ring is 1. The zero-order valence-corrected chi connectivity index (χ0v) is 7.60. The fraction of sp³-hybridized carbons (Fsp3) is 0.111. The summed E-state index contributed by atoms with van der Waals surface area (Å²) >= 11 is 0. The molecule has 0 fully saturated rings. The van der Waals surface area contributed by atoms with Crippen molar-refractivity contribution in [2.24, 2.45) is 5.16 Å². The van der Waals surface area contributed by atoms with Crippen LogP contribution in [0.2, 0.25) is 0 Å². The number of carbonyl (C=O) groups is 1. The van der Waals surface area contributed by atoms with Gasteiger partial charge in [0.05, 0.1) is 11.8 Å². The van der Waals surface area contributed by atoms with Crippen molar-refractivity contribution in [3.05, 3.63) is 29.3 Å². The maximum atomic E-state index is 10.6. The molecule has 0 saturated heterocycles. The molecule has 5 heteroatoms. The Morgan fingerprint density at radius 2 is 2.36 bits per heavy atom. The van der Waals surface area contributed by atoms with Crippen LogP contribution in [0.5, 0.6) is 0 Å². The Balaban J connectivity index is 3.08. The fourth-order valence-electron chi connectivity index (χ4n) is 0.929.